The molecule has 1 amide bonds. The number of carbonyl (C=O) groups excluding carboxylic acids is 1. The van der Waals surface area contributed by atoms with Gasteiger partial charge >= 0.3 is 0 Å². The average molecular weight is 472 g/mol. The van der Waals surface area contributed by atoms with Gasteiger partial charge in [0.15, 0.2) is 15.0 Å². The number of benzene rings is 2. The first-order chi connectivity index (χ1) is 15.3. The first kappa shape index (κ1) is 22.5. The molecule has 168 valence electrons. The molecule has 32 heavy (non-hydrogen) atoms. The van der Waals surface area contributed by atoms with Crippen LogP contribution >= 0.6 is 11.8 Å². The highest BCUT2D eigenvalue weighted by Gasteiger charge is 2.34. The van der Waals surface area contributed by atoms with E-state index < -0.39 is 9.84 Å². The molecule has 2 heterocycles. The van der Waals surface area contributed by atoms with E-state index in [-0.39, 0.29) is 34.8 Å². The summed E-state index contributed by atoms with van der Waals surface area (Å²) in [7, 11) is -3.09. The Morgan fingerprint density at radius 3 is 2.69 bits per heavy atom. The maximum atomic E-state index is 13.3. The zero-order valence-corrected chi connectivity index (χ0v) is 19.7. The summed E-state index contributed by atoms with van der Waals surface area (Å²) in [6, 6.07) is 14.5. The van der Waals surface area contributed by atoms with Crippen molar-refractivity contribution in [3.63, 3.8) is 0 Å². The molecule has 2 aromatic carbocycles. The van der Waals surface area contributed by atoms with Crippen molar-refractivity contribution in [2.75, 3.05) is 23.8 Å². The average Bonchev–Trinajstić information content (AvgIpc) is 3.12. The van der Waals surface area contributed by atoms with E-state index in [0.717, 1.165) is 5.56 Å². The van der Waals surface area contributed by atoms with Crippen LogP contribution in [0.25, 0.3) is 16.6 Å². The van der Waals surface area contributed by atoms with Crippen molar-refractivity contribution in [1.29, 1.82) is 0 Å². The summed E-state index contributed by atoms with van der Waals surface area (Å²) in [6.45, 7) is 4.24. The summed E-state index contributed by atoms with van der Waals surface area (Å²) in [4.78, 5) is 32.6. The second-order valence-electron chi connectivity index (χ2n) is 7.92. The monoisotopic (exact) mass is 471 g/mol. The Balaban J connectivity index is 1.67. The van der Waals surface area contributed by atoms with Crippen LogP contribution in [0.3, 0.4) is 0 Å². The lowest BCUT2D eigenvalue weighted by molar-refractivity contribution is -0.129. The number of thioether (sulfide) groups is 1. The van der Waals surface area contributed by atoms with Gasteiger partial charge in [-0.3, -0.25) is 14.2 Å². The van der Waals surface area contributed by atoms with Gasteiger partial charge in [0.1, 0.15) is 0 Å². The SMILES string of the molecule is CCN(C(=O)CSc1nc2ccccc2c(=O)n1-c1cccc(C)c1)[C@H]1CCS(=O)(=O)C1. The van der Waals surface area contributed by atoms with E-state index in [1.807, 2.05) is 44.2 Å². The number of sulfone groups is 1. The minimum atomic E-state index is -3.09. The number of amides is 1. The van der Waals surface area contributed by atoms with Gasteiger partial charge in [-0.05, 0) is 50.1 Å². The lowest BCUT2D eigenvalue weighted by Crippen LogP contribution is -2.42. The first-order valence-electron chi connectivity index (χ1n) is 10.5. The van der Waals surface area contributed by atoms with Gasteiger partial charge in [0.25, 0.3) is 5.56 Å². The van der Waals surface area contributed by atoms with E-state index in [4.69, 9.17) is 0 Å². The first-order valence-corrected chi connectivity index (χ1v) is 13.3. The maximum absolute atomic E-state index is 13.3. The molecule has 0 N–H and O–H groups in total. The van der Waals surface area contributed by atoms with Crippen LogP contribution in [-0.4, -0.2) is 58.6 Å². The van der Waals surface area contributed by atoms with Gasteiger partial charge in [0, 0.05) is 12.6 Å². The quantitative estimate of drug-likeness (QED) is 0.406. The second-order valence-corrected chi connectivity index (χ2v) is 11.1. The molecule has 1 aliphatic rings. The zero-order chi connectivity index (χ0) is 22.9. The van der Waals surface area contributed by atoms with Crippen LogP contribution in [0, 0.1) is 6.92 Å². The molecule has 3 aromatic rings. The molecule has 4 rings (SSSR count). The van der Waals surface area contributed by atoms with E-state index in [0.29, 0.717) is 34.7 Å². The molecular weight excluding hydrogens is 446 g/mol. The number of carbonyl (C=O) groups is 1. The number of hydrogen-bond acceptors (Lipinski definition) is 6. The Labute approximate surface area is 191 Å². The fraction of sp³-hybridized carbons (Fsp3) is 0.348. The van der Waals surface area contributed by atoms with Gasteiger partial charge in [-0.25, -0.2) is 13.4 Å². The Hall–Kier alpha value is -2.65. The predicted octanol–water partition coefficient (Wildman–Crippen LogP) is 2.82. The summed E-state index contributed by atoms with van der Waals surface area (Å²) in [5.41, 5.74) is 2.09. The van der Waals surface area contributed by atoms with Crippen molar-refractivity contribution in [2.24, 2.45) is 0 Å². The molecule has 0 bridgehead atoms. The van der Waals surface area contributed by atoms with Gasteiger partial charge in [0.2, 0.25) is 5.91 Å². The van der Waals surface area contributed by atoms with Crippen molar-refractivity contribution in [3.8, 4) is 5.69 Å². The third-order valence-electron chi connectivity index (χ3n) is 5.64. The molecule has 0 spiro atoms. The van der Waals surface area contributed by atoms with Crippen LogP contribution in [0.5, 0.6) is 0 Å². The van der Waals surface area contributed by atoms with Crippen molar-refractivity contribution in [2.45, 2.75) is 31.5 Å². The van der Waals surface area contributed by atoms with Crippen LogP contribution < -0.4 is 5.56 Å². The maximum Gasteiger partial charge on any atom is 0.266 e. The summed E-state index contributed by atoms with van der Waals surface area (Å²) in [5, 5.41) is 0.943. The van der Waals surface area contributed by atoms with E-state index >= 15 is 0 Å². The number of aromatic nitrogens is 2. The Kier molecular flexibility index (Phi) is 6.39. The molecule has 1 aromatic heterocycles. The van der Waals surface area contributed by atoms with Crippen LogP contribution in [0.4, 0.5) is 0 Å². The predicted molar refractivity (Wildman–Crippen MR) is 127 cm³/mol. The summed E-state index contributed by atoms with van der Waals surface area (Å²) in [5.74, 6) is 0.0477. The van der Waals surface area contributed by atoms with Crippen molar-refractivity contribution >= 4 is 38.4 Å². The van der Waals surface area contributed by atoms with E-state index in [2.05, 4.69) is 4.98 Å². The van der Waals surface area contributed by atoms with E-state index in [9.17, 15) is 18.0 Å². The fourth-order valence-corrected chi connectivity index (χ4v) is 6.70. The van der Waals surface area contributed by atoms with Gasteiger partial charge in [-0.1, -0.05) is 36.0 Å². The Bertz CT molecular complexity index is 1330. The highest BCUT2D eigenvalue weighted by atomic mass is 32.2. The largest absolute Gasteiger partial charge is 0.338 e. The van der Waals surface area contributed by atoms with E-state index in [1.165, 1.54) is 11.8 Å². The summed E-state index contributed by atoms with van der Waals surface area (Å²) >= 11 is 1.20. The zero-order valence-electron chi connectivity index (χ0n) is 18.0. The normalized spacial score (nSPS) is 17.5. The topological polar surface area (TPSA) is 89.3 Å². The lowest BCUT2D eigenvalue weighted by atomic mass is 10.2. The van der Waals surface area contributed by atoms with Crippen LogP contribution in [-0.2, 0) is 14.6 Å². The van der Waals surface area contributed by atoms with Gasteiger partial charge in [0.05, 0.1) is 33.8 Å². The molecule has 1 atom stereocenters. The third kappa shape index (κ3) is 4.59. The molecule has 0 radical (unpaired) electrons. The number of aryl methyl sites for hydroxylation is 1. The van der Waals surface area contributed by atoms with Gasteiger partial charge in [-0.15, -0.1) is 0 Å². The van der Waals surface area contributed by atoms with E-state index in [1.54, 1.807) is 27.7 Å². The number of rotatable bonds is 6. The Morgan fingerprint density at radius 1 is 1.22 bits per heavy atom. The summed E-state index contributed by atoms with van der Waals surface area (Å²) in [6.07, 6.45) is 0.467. The molecule has 0 saturated carbocycles. The van der Waals surface area contributed by atoms with Crippen molar-refractivity contribution in [3.05, 3.63) is 64.4 Å². The number of hydrogen-bond donors (Lipinski definition) is 0. The lowest BCUT2D eigenvalue weighted by Gasteiger charge is -2.26. The van der Waals surface area contributed by atoms with Crippen LogP contribution in [0.2, 0.25) is 0 Å². The molecule has 9 heteroatoms. The minimum Gasteiger partial charge on any atom is -0.338 e. The molecule has 7 nitrogen and oxygen atoms in total. The number of fused-ring (bicyclic) bond motifs is 1. The highest BCUT2D eigenvalue weighted by molar-refractivity contribution is 7.99. The molecule has 1 aliphatic heterocycles. The standard InChI is InChI=1S/C23H25N3O4S2/c1-3-25(18-11-12-32(29,30)15-18)21(27)14-31-23-24-20-10-5-4-9-19(20)22(28)26(23)17-8-6-7-16(2)13-17/h4-10,13,18H,3,11-12,14-15H2,1-2H3/t18-/m0/s1. The number of nitrogens with zero attached hydrogens (tertiary/aromatic N) is 3. The second kappa shape index (κ2) is 9.07. The molecule has 1 saturated heterocycles. The van der Waals surface area contributed by atoms with Crippen molar-refractivity contribution in [1.82, 2.24) is 14.5 Å². The molecule has 0 aliphatic carbocycles. The van der Waals surface area contributed by atoms with Crippen molar-refractivity contribution < 1.29 is 13.2 Å². The fourth-order valence-electron chi connectivity index (χ4n) is 4.07. The van der Waals surface area contributed by atoms with Gasteiger partial charge in [-0.2, -0.15) is 0 Å². The van der Waals surface area contributed by atoms with Crippen LogP contribution in [0.15, 0.2) is 58.5 Å². The smallest absolute Gasteiger partial charge is 0.266 e. The molecule has 1 fully saturated rings. The van der Waals surface area contributed by atoms with Gasteiger partial charge < -0.3 is 4.90 Å². The molecule has 0 unspecified atom stereocenters. The van der Waals surface area contributed by atoms with Crippen LogP contribution in [0.1, 0.15) is 18.9 Å². The number of para-hydroxylation sites is 1. The molecular formula is C23H25N3O4S2. The minimum absolute atomic E-state index is 0.0134. The Morgan fingerprint density at radius 2 is 2.00 bits per heavy atom. The summed E-state index contributed by atoms with van der Waals surface area (Å²) < 4.78 is 25.3. The highest BCUT2D eigenvalue weighted by Crippen LogP contribution is 2.24. The third-order valence-corrected chi connectivity index (χ3v) is 8.31.